The number of sulfonamides is 1. The molecule has 0 radical (unpaired) electrons. The van der Waals surface area contributed by atoms with Crippen molar-refractivity contribution in [1.82, 2.24) is 14.5 Å². The lowest BCUT2D eigenvalue weighted by Gasteiger charge is -2.19. The molecule has 19 heavy (non-hydrogen) atoms. The van der Waals surface area contributed by atoms with Crippen LogP contribution in [-0.2, 0) is 16.6 Å². The van der Waals surface area contributed by atoms with Crippen LogP contribution in [-0.4, -0.2) is 29.0 Å². The molecule has 0 bridgehead atoms. The van der Waals surface area contributed by atoms with E-state index < -0.39 is 10.0 Å². The van der Waals surface area contributed by atoms with Gasteiger partial charge in [-0.1, -0.05) is 17.4 Å². The van der Waals surface area contributed by atoms with Gasteiger partial charge in [0.15, 0.2) is 0 Å². The lowest BCUT2D eigenvalue weighted by atomic mass is 10.4. The first kappa shape index (κ1) is 13.0. The zero-order chi connectivity index (χ0) is 13.5. The normalized spacial score (nSPS) is 16.1. The molecule has 2 heterocycles. The predicted octanol–water partition coefficient (Wildman–Crippen LogP) is 1.54. The van der Waals surface area contributed by atoms with Crippen LogP contribution in [0, 0.1) is 0 Å². The van der Waals surface area contributed by atoms with E-state index in [-0.39, 0.29) is 15.5 Å². The zero-order valence-corrected chi connectivity index (χ0v) is 12.3. The molecule has 2 N–H and O–H groups in total. The fourth-order valence-electron chi connectivity index (χ4n) is 1.75. The highest BCUT2D eigenvalue weighted by Crippen LogP contribution is 2.35. The van der Waals surface area contributed by atoms with E-state index in [1.54, 1.807) is 11.3 Å². The Labute approximate surface area is 118 Å². The minimum Gasteiger partial charge on any atom is -0.374 e. The lowest BCUT2D eigenvalue weighted by Crippen LogP contribution is -2.32. The SMILES string of the molecule is Nc1nnc(S(=O)(=O)N(Cc2cccs2)C2CC2)s1. The van der Waals surface area contributed by atoms with Crippen LogP contribution in [0.25, 0.3) is 0 Å². The van der Waals surface area contributed by atoms with Crippen LogP contribution < -0.4 is 5.73 Å². The maximum Gasteiger partial charge on any atom is 0.272 e. The van der Waals surface area contributed by atoms with E-state index in [1.165, 1.54) is 4.31 Å². The Morgan fingerprint density at radius 3 is 2.74 bits per heavy atom. The summed E-state index contributed by atoms with van der Waals surface area (Å²) in [6.07, 6.45) is 1.80. The van der Waals surface area contributed by atoms with Crippen LogP contribution in [0.1, 0.15) is 17.7 Å². The highest BCUT2D eigenvalue weighted by Gasteiger charge is 2.40. The fourth-order valence-corrected chi connectivity index (χ4v) is 5.10. The fraction of sp³-hybridized carbons (Fsp3) is 0.400. The molecule has 3 rings (SSSR count). The Hall–Kier alpha value is -1.03. The average molecular weight is 316 g/mol. The van der Waals surface area contributed by atoms with Crippen molar-refractivity contribution in [2.75, 3.05) is 5.73 Å². The molecule has 1 aliphatic carbocycles. The van der Waals surface area contributed by atoms with E-state index in [1.807, 2.05) is 17.5 Å². The number of rotatable bonds is 5. The molecule has 102 valence electrons. The van der Waals surface area contributed by atoms with Crippen molar-refractivity contribution in [3.63, 3.8) is 0 Å². The molecule has 1 saturated carbocycles. The van der Waals surface area contributed by atoms with Gasteiger partial charge >= 0.3 is 0 Å². The molecule has 1 fully saturated rings. The van der Waals surface area contributed by atoms with E-state index in [4.69, 9.17) is 5.73 Å². The number of aromatic nitrogens is 2. The Morgan fingerprint density at radius 2 is 2.21 bits per heavy atom. The standard InChI is InChI=1S/C10H12N4O2S3/c11-9-12-13-10(18-9)19(15,16)14(7-3-4-7)6-8-2-1-5-17-8/h1-2,5,7H,3-4,6H2,(H2,11,12). The van der Waals surface area contributed by atoms with Gasteiger partial charge < -0.3 is 5.73 Å². The number of thiophene rings is 1. The summed E-state index contributed by atoms with van der Waals surface area (Å²) in [6.45, 7) is 0.393. The van der Waals surface area contributed by atoms with Crippen LogP contribution in [0.15, 0.2) is 21.9 Å². The maximum absolute atomic E-state index is 12.5. The van der Waals surface area contributed by atoms with Gasteiger partial charge in [0.05, 0.1) is 0 Å². The van der Waals surface area contributed by atoms with Crippen molar-refractivity contribution >= 4 is 37.8 Å². The third-order valence-corrected chi connectivity index (χ3v) is 6.66. The van der Waals surface area contributed by atoms with Gasteiger partial charge in [0.25, 0.3) is 10.0 Å². The molecule has 9 heteroatoms. The van der Waals surface area contributed by atoms with Gasteiger partial charge in [0.1, 0.15) is 0 Å². The van der Waals surface area contributed by atoms with Gasteiger partial charge in [-0.3, -0.25) is 0 Å². The summed E-state index contributed by atoms with van der Waals surface area (Å²) in [5.74, 6) is 0. The average Bonchev–Trinajstić information content (AvgIpc) is 2.88. The van der Waals surface area contributed by atoms with Crippen molar-refractivity contribution in [1.29, 1.82) is 0 Å². The summed E-state index contributed by atoms with van der Waals surface area (Å²) in [5.41, 5.74) is 5.47. The largest absolute Gasteiger partial charge is 0.374 e. The maximum atomic E-state index is 12.5. The third kappa shape index (κ3) is 2.64. The summed E-state index contributed by atoms with van der Waals surface area (Å²) < 4.78 is 26.6. The van der Waals surface area contributed by atoms with Crippen LogP contribution in [0.3, 0.4) is 0 Å². The van der Waals surface area contributed by atoms with Crippen molar-refractivity contribution < 1.29 is 8.42 Å². The van der Waals surface area contributed by atoms with Gasteiger partial charge in [0, 0.05) is 17.5 Å². The first-order valence-electron chi connectivity index (χ1n) is 5.70. The molecular formula is C10H12N4O2S3. The van der Waals surface area contributed by atoms with E-state index in [0.29, 0.717) is 6.54 Å². The van der Waals surface area contributed by atoms with Crippen molar-refractivity contribution in [3.8, 4) is 0 Å². The highest BCUT2D eigenvalue weighted by molar-refractivity contribution is 7.91. The molecule has 0 amide bonds. The molecular weight excluding hydrogens is 304 g/mol. The van der Waals surface area contributed by atoms with Crippen molar-refractivity contribution in [3.05, 3.63) is 22.4 Å². The molecule has 0 unspecified atom stereocenters. The highest BCUT2D eigenvalue weighted by atomic mass is 32.2. The second-order valence-corrected chi connectivity index (χ2v) is 8.37. The molecule has 2 aromatic rings. The van der Waals surface area contributed by atoms with E-state index in [0.717, 1.165) is 29.1 Å². The molecule has 0 saturated heterocycles. The quantitative estimate of drug-likeness (QED) is 0.903. The number of nitrogens with two attached hydrogens (primary N) is 1. The number of hydrogen-bond donors (Lipinski definition) is 1. The molecule has 6 nitrogen and oxygen atoms in total. The molecule has 0 spiro atoms. The number of hydrogen-bond acceptors (Lipinski definition) is 7. The topological polar surface area (TPSA) is 89.2 Å². The van der Waals surface area contributed by atoms with Crippen LogP contribution in [0.2, 0.25) is 0 Å². The van der Waals surface area contributed by atoms with Crippen molar-refractivity contribution in [2.24, 2.45) is 0 Å². The Kier molecular flexibility index (Phi) is 3.29. The van der Waals surface area contributed by atoms with E-state index in [9.17, 15) is 8.42 Å². The molecule has 1 aliphatic rings. The Bertz CT molecular complexity index is 661. The van der Waals surface area contributed by atoms with Gasteiger partial charge in [0.2, 0.25) is 9.47 Å². The van der Waals surface area contributed by atoms with Crippen molar-refractivity contribution in [2.45, 2.75) is 29.8 Å². The lowest BCUT2D eigenvalue weighted by molar-refractivity contribution is 0.401. The summed E-state index contributed by atoms with van der Waals surface area (Å²) >= 11 is 2.46. The van der Waals surface area contributed by atoms with Gasteiger partial charge in [-0.05, 0) is 24.3 Å². The Balaban J connectivity index is 1.91. The number of anilines is 1. The second-order valence-electron chi connectivity index (χ2n) is 4.27. The summed E-state index contributed by atoms with van der Waals surface area (Å²) in [4.78, 5) is 1.02. The molecule has 2 aromatic heterocycles. The van der Waals surface area contributed by atoms with Gasteiger partial charge in [-0.15, -0.1) is 21.5 Å². The van der Waals surface area contributed by atoms with E-state index >= 15 is 0 Å². The third-order valence-electron chi connectivity index (χ3n) is 2.80. The minimum atomic E-state index is -3.59. The number of nitrogens with zero attached hydrogens (tertiary/aromatic N) is 3. The van der Waals surface area contributed by atoms with Gasteiger partial charge in [-0.25, -0.2) is 8.42 Å². The monoisotopic (exact) mass is 316 g/mol. The smallest absolute Gasteiger partial charge is 0.272 e. The van der Waals surface area contributed by atoms with E-state index in [2.05, 4.69) is 10.2 Å². The van der Waals surface area contributed by atoms with Gasteiger partial charge in [-0.2, -0.15) is 4.31 Å². The number of nitrogen functional groups attached to an aromatic ring is 1. The summed E-state index contributed by atoms with van der Waals surface area (Å²) in [6, 6.07) is 3.93. The first-order chi connectivity index (χ1) is 9.07. The minimum absolute atomic E-state index is 0.0199. The summed E-state index contributed by atoms with van der Waals surface area (Å²) in [7, 11) is -3.59. The van der Waals surface area contributed by atoms with Crippen LogP contribution in [0.4, 0.5) is 5.13 Å². The summed E-state index contributed by atoms with van der Waals surface area (Å²) in [5, 5.41) is 9.36. The molecule has 0 aliphatic heterocycles. The first-order valence-corrected chi connectivity index (χ1v) is 8.84. The molecule has 0 atom stereocenters. The Morgan fingerprint density at radius 1 is 1.42 bits per heavy atom. The molecule has 0 aromatic carbocycles. The second kappa shape index (κ2) is 4.82. The van der Waals surface area contributed by atoms with Crippen LogP contribution >= 0.6 is 22.7 Å². The zero-order valence-electron chi connectivity index (χ0n) is 9.89. The van der Waals surface area contributed by atoms with Crippen LogP contribution in [0.5, 0.6) is 0 Å². The predicted molar refractivity (Wildman–Crippen MR) is 74.4 cm³/mol.